The van der Waals surface area contributed by atoms with Gasteiger partial charge in [-0.3, -0.25) is 4.79 Å². The van der Waals surface area contributed by atoms with Crippen LogP contribution in [0.2, 0.25) is 0 Å². The van der Waals surface area contributed by atoms with Gasteiger partial charge in [0.15, 0.2) is 0 Å². The average molecular weight is 391 g/mol. The number of piperazine rings is 1. The van der Waals surface area contributed by atoms with Crippen LogP contribution in [0.1, 0.15) is 5.56 Å². The summed E-state index contributed by atoms with van der Waals surface area (Å²) in [6.45, 7) is 3.25. The lowest BCUT2D eigenvalue weighted by Gasteiger charge is -2.34. The van der Waals surface area contributed by atoms with Gasteiger partial charge in [-0.05, 0) is 30.7 Å². The predicted octanol–water partition coefficient (Wildman–Crippen LogP) is 1.24. The van der Waals surface area contributed by atoms with Crippen LogP contribution in [0.3, 0.4) is 0 Å². The van der Waals surface area contributed by atoms with E-state index in [1.54, 1.807) is 23.1 Å². The molecule has 1 amide bonds. The van der Waals surface area contributed by atoms with Crippen LogP contribution in [-0.4, -0.2) is 63.4 Å². The number of nitrogens with zero attached hydrogens (tertiary/aromatic N) is 2. The smallest absolute Gasteiger partial charge is 0.248 e. The van der Waals surface area contributed by atoms with E-state index in [0.29, 0.717) is 26.2 Å². The maximum absolute atomic E-state index is 12.6. The summed E-state index contributed by atoms with van der Waals surface area (Å²) in [5, 5.41) is 0. The number of ether oxygens (including phenoxy) is 1. The van der Waals surface area contributed by atoms with Gasteiger partial charge in [-0.1, -0.05) is 15.9 Å². The molecule has 6 nitrogen and oxygen atoms in total. The van der Waals surface area contributed by atoms with Gasteiger partial charge >= 0.3 is 0 Å². The van der Waals surface area contributed by atoms with E-state index in [9.17, 15) is 13.2 Å². The van der Waals surface area contributed by atoms with Gasteiger partial charge in [0.1, 0.15) is 6.61 Å². The van der Waals surface area contributed by atoms with Gasteiger partial charge < -0.3 is 9.64 Å². The van der Waals surface area contributed by atoms with Crippen molar-refractivity contribution in [2.24, 2.45) is 0 Å². The van der Waals surface area contributed by atoms with E-state index in [2.05, 4.69) is 15.9 Å². The molecule has 0 unspecified atom stereocenters. The van der Waals surface area contributed by atoms with Crippen molar-refractivity contribution in [1.82, 2.24) is 9.21 Å². The summed E-state index contributed by atoms with van der Waals surface area (Å²) < 4.78 is 32.4. The molecule has 0 aromatic heterocycles. The molecule has 1 fully saturated rings. The Balaban J connectivity index is 2.09. The van der Waals surface area contributed by atoms with Crippen molar-refractivity contribution in [2.45, 2.75) is 11.8 Å². The SMILES string of the molecule is COCC(=O)N1CCN(S(=O)(=O)c2ccc(Br)c(C)c2)CC1. The number of carbonyl (C=O) groups is 1. The lowest BCUT2D eigenvalue weighted by molar-refractivity contribution is -0.136. The van der Waals surface area contributed by atoms with Crippen LogP contribution in [0, 0.1) is 6.92 Å². The zero-order chi connectivity index (χ0) is 16.3. The van der Waals surface area contributed by atoms with Gasteiger partial charge in [0.25, 0.3) is 0 Å². The molecule has 8 heteroatoms. The summed E-state index contributed by atoms with van der Waals surface area (Å²) in [5.41, 5.74) is 0.870. The average Bonchev–Trinajstić information content (AvgIpc) is 2.50. The molecule has 0 saturated carbocycles. The van der Waals surface area contributed by atoms with E-state index in [1.807, 2.05) is 6.92 Å². The minimum Gasteiger partial charge on any atom is -0.375 e. The molecule has 1 aliphatic rings. The highest BCUT2D eigenvalue weighted by Gasteiger charge is 2.30. The summed E-state index contributed by atoms with van der Waals surface area (Å²) in [6, 6.07) is 4.98. The van der Waals surface area contributed by atoms with E-state index in [4.69, 9.17) is 4.74 Å². The van der Waals surface area contributed by atoms with Gasteiger partial charge in [0, 0.05) is 37.8 Å². The number of amides is 1. The van der Waals surface area contributed by atoms with E-state index in [0.717, 1.165) is 10.0 Å². The molecule has 1 heterocycles. The first kappa shape index (κ1) is 17.4. The number of hydrogen-bond acceptors (Lipinski definition) is 4. The number of sulfonamides is 1. The molecule has 0 radical (unpaired) electrons. The highest BCUT2D eigenvalue weighted by Crippen LogP contribution is 2.23. The van der Waals surface area contributed by atoms with Crippen LogP contribution in [0.15, 0.2) is 27.6 Å². The van der Waals surface area contributed by atoms with Crippen molar-refractivity contribution in [2.75, 3.05) is 39.9 Å². The number of hydrogen-bond donors (Lipinski definition) is 0. The predicted molar refractivity (Wildman–Crippen MR) is 86.1 cm³/mol. The van der Waals surface area contributed by atoms with Crippen LogP contribution in [-0.2, 0) is 19.6 Å². The largest absolute Gasteiger partial charge is 0.375 e. The topological polar surface area (TPSA) is 66.9 Å². The highest BCUT2D eigenvalue weighted by molar-refractivity contribution is 9.10. The Morgan fingerprint density at radius 1 is 1.27 bits per heavy atom. The third-order valence-corrected chi connectivity index (χ3v) is 6.41. The van der Waals surface area contributed by atoms with E-state index in [-0.39, 0.29) is 17.4 Å². The number of methoxy groups -OCH3 is 1. The van der Waals surface area contributed by atoms with E-state index >= 15 is 0 Å². The molecular weight excluding hydrogens is 372 g/mol. The number of aryl methyl sites for hydroxylation is 1. The van der Waals surface area contributed by atoms with Crippen molar-refractivity contribution in [3.8, 4) is 0 Å². The molecule has 2 rings (SSSR count). The monoisotopic (exact) mass is 390 g/mol. The Hall–Kier alpha value is -0.960. The highest BCUT2D eigenvalue weighted by atomic mass is 79.9. The number of halogens is 1. The van der Waals surface area contributed by atoms with Gasteiger partial charge in [-0.15, -0.1) is 0 Å². The number of benzene rings is 1. The molecule has 1 aromatic rings. The molecule has 0 atom stereocenters. The first-order valence-electron chi connectivity index (χ1n) is 6.89. The summed E-state index contributed by atoms with van der Waals surface area (Å²) in [7, 11) is -2.05. The lowest BCUT2D eigenvalue weighted by Crippen LogP contribution is -2.51. The summed E-state index contributed by atoms with van der Waals surface area (Å²) in [4.78, 5) is 13.6. The Labute approximate surface area is 139 Å². The minimum atomic E-state index is -3.52. The van der Waals surface area contributed by atoms with Gasteiger partial charge in [0.05, 0.1) is 4.90 Å². The molecular formula is C14H19BrN2O4S. The van der Waals surface area contributed by atoms with Crippen molar-refractivity contribution in [1.29, 1.82) is 0 Å². The summed E-state index contributed by atoms with van der Waals surface area (Å²) >= 11 is 3.37. The molecule has 0 aliphatic carbocycles. The number of rotatable bonds is 4. The van der Waals surface area contributed by atoms with Crippen molar-refractivity contribution >= 4 is 31.9 Å². The zero-order valence-electron chi connectivity index (χ0n) is 12.6. The Bertz CT molecular complexity index is 655. The molecule has 22 heavy (non-hydrogen) atoms. The molecule has 1 aromatic carbocycles. The fourth-order valence-electron chi connectivity index (χ4n) is 2.32. The van der Waals surface area contributed by atoms with Gasteiger partial charge in [-0.25, -0.2) is 8.42 Å². The maximum atomic E-state index is 12.6. The molecule has 1 saturated heterocycles. The molecule has 0 N–H and O–H groups in total. The molecule has 0 bridgehead atoms. The van der Waals surface area contributed by atoms with E-state index < -0.39 is 10.0 Å². The van der Waals surface area contributed by atoms with Gasteiger partial charge in [0.2, 0.25) is 15.9 Å². The van der Waals surface area contributed by atoms with Crippen LogP contribution < -0.4 is 0 Å². The zero-order valence-corrected chi connectivity index (χ0v) is 15.0. The Kier molecular flexibility index (Phi) is 5.60. The summed E-state index contributed by atoms with van der Waals surface area (Å²) in [6.07, 6.45) is 0. The first-order chi connectivity index (χ1) is 10.4. The second-order valence-corrected chi connectivity index (χ2v) is 7.92. The lowest BCUT2D eigenvalue weighted by atomic mass is 10.2. The Morgan fingerprint density at radius 3 is 2.45 bits per heavy atom. The van der Waals surface area contributed by atoms with Crippen molar-refractivity contribution in [3.05, 3.63) is 28.2 Å². The third-order valence-electron chi connectivity index (χ3n) is 3.63. The normalized spacial score (nSPS) is 16.8. The van der Waals surface area contributed by atoms with Crippen LogP contribution >= 0.6 is 15.9 Å². The second kappa shape index (κ2) is 7.08. The van der Waals surface area contributed by atoms with Crippen molar-refractivity contribution < 1.29 is 17.9 Å². The van der Waals surface area contributed by atoms with Crippen LogP contribution in [0.25, 0.3) is 0 Å². The fraction of sp³-hybridized carbons (Fsp3) is 0.500. The van der Waals surface area contributed by atoms with E-state index in [1.165, 1.54) is 11.4 Å². The quantitative estimate of drug-likeness (QED) is 0.775. The Morgan fingerprint density at radius 2 is 1.91 bits per heavy atom. The number of carbonyl (C=O) groups excluding carboxylic acids is 1. The molecule has 1 aliphatic heterocycles. The molecule has 122 valence electrons. The van der Waals surface area contributed by atoms with Gasteiger partial charge in [-0.2, -0.15) is 4.31 Å². The third kappa shape index (κ3) is 3.68. The van der Waals surface area contributed by atoms with Crippen molar-refractivity contribution in [3.63, 3.8) is 0 Å². The summed E-state index contributed by atoms with van der Waals surface area (Å²) in [5.74, 6) is -0.112. The van der Waals surface area contributed by atoms with Crippen LogP contribution in [0.4, 0.5) is 0 Å². The van der Waals surface area contributed by atoms with Crippen LogP contribution in [0.5, 0.6) is 0 Å². The molecule has 0 spiro atoms. The maximum Gasteiger partial charge on any atom is 0.248 e. The second-order valence-electron chi connectivity index (χ2n) is 5.13. The first-order valence-corrected chi connectivity index (χ1v) is 9.12. The standard InChI is InChI=1S/C14H19BrN2O4S/c1-11-9-12(3-4-13(11)15)22(19,20)17-7-5-16(6-8-17)14(18)10-21-2/h3-4,9H,5-8,10H2,1-2H3. The fourth-order valence-corrected chi connectivity index (χ4v) is 4.07. The minimum absolute atomic E-state index is 0.0264.